The average Bonchev–Trinajstić information content (AvgIpc) is 2.61. The van der Waals surface area contributed by atoms with Crippen molar-refractivity contribution in [2.45, 2.75) is 12.5 Å². The zero-order valence-electron chi connectivity index (χ0n) is 8.15. The predicted octanol–water partition coefficient (Wildman–Crippen LogP) is 3.68. The van der Waals surface area contributed by atoms with Crippen LogP contribution < -0.4 is 5.73 Å². The van der Waals surface area contributed by atoms with Crippen LogP contribution >= 0.6 is 23.7 Å². The summed E-state index contributed by atoms with van der Waals surface area (Å²) in [6, 6.07) is 7.92. The minimum Gasteiger partial charge on any atom is -0.324 e. The molecule has 0 saturated carbocycles. The molecule has 1 nitrogen and oxygen atoms in total. The van der Waals surface area contributed by atoms with Crippen molar-refractivity contribution >= 4 is 33.8 Å². The minimum absolute atomic E-state index is 0. The quantitative estimate of drug-likeness (QED) is 0.877. The van der Waals surface area contributed by atoms with Crippen LogP contribution in [0.1, 0.15) is 18.0 Å². The van der Waals surface area contributed by atoms with Gasteiger partial charge in [0.25, 0.3) is 0 Å². The van der Waals surface area contributed by atoms with E-state index in [1.54, 1.807) is 11.3 Å². The van der Waals surface area contributed by atoms with Crippen LogP contribution in [0.25, 0.3) is 10.1 Å². The van der Waals surface area contributed by atoms with Gasteiger partial charge in [-0.05, 0) is 28.8 Å². The maximum absolute atomic E-state index is 12.2. The summed E-state index contributed by atoms with van der Waals surface area (Å²) in [4.78, 5) is 0. The maximum atomic E-state index is 12.2. The first-order chi connectivity index (χ1) is 6.83. The van der Waals surface area contributed by atoms with Crippen molar-refractivity contribution < 1.29 is 4.39 Å². The van der Waals surface area contributed by atoms with Crippen LogP contribution in [0.5, 0.6) is 0 Å². The largest absolute Gasteiger partial charge is 0.324 e. The summed E-state index contributed by atoms with van der Waals surface area (Å²) in [6.45, 7) is -0.356. The lowest BCUT2D eigenvalue weighted by molar-refractivity contribution is 0.443. The second kappa shape index (κ2) is 5.45. The molecule has 2 rings (SSSR count). The molecule has 0 fully saturated rings. The van der Waals surface area contributed by atoms with Gasteiger partial charge in [-0.2, -0.15) is 0 Å². The van der Waals surface area contributed by atoms with Crippen LogP contribution in [-0.2, 0) is 0 Å². The van der Waals surface area contributed by atoms with E-state index >= 15 is 0 Å². The Balaban J connectivity index is 0.00000112. The number of alkyl halides is 1. The highest BCUT2D eigenvalue weighted by atomic mass is 35.5. The lowest BCUT2D eigenvalue weighted by Crippen LogP contribution is -2.10. The van der Waals surface area contributed by atoms with E-state index in [2.05, 4.69) is 6.07 Å². The fraction of sp³-hybridized carbons (Fsp3) is 0.273. The summed E-state index contributed by atoms with van der Waals surface area (Å²) in [5.41, 5.74) is 6.96. The molecule has 0 spiro atoms. The summed E-state index contributed by atoms with van der Waals surface area (Å²) in [5, 5.41) is 3.20. The molecule has 82 valence electrons. The van der Waals surface area contributed by atoms with Gasteiger partial charge in [0.1, 0.15) is 0 Å². The van der Waals surface area contributed by atoms with Gasteiger partial charge < -0.3 is 5.73 Å². The Labute approximate surface area is 98.5 Å². The molecule has 4 heteroatoms. The molecule has 2 N–H and O–H groups in total. The number of benzene rings is 1. The van der Waals surface area contributed by atoms with E-state index in [0.29, 0.717) is 6.42 Å². The summed E-state index contributed by atoms with van der Waals surface area (Å²) in [7, 11) is 0. The Hall–Kier alpha value is -0.640. The molecule has 0 radical (unpaired) electrons. The van der Waals surface area contributed by atoms with Gasteiger partial charge in [-0.1, -0.05) is 18.2 Å². The molecular weight excluding hydrogens is 233 g/mol. The minimum atomic E-state index is -0.356. The van der Waals surface area contributed by atoms with Gasteiger partial charge in [-0.3, -0.25) is 4.39 Å². The van der Waals surface area contributed by atoms with E-state index in [-0.39, 0.29) is 25.1 Å². The lowest BCUT2D eigenvalue weighted by atomic mass is 10.0. The third kappa shape index (κ3) is 2.48. The highest BCUT2D eigenvalue weighted by Crippen LogP contribution is 2.30. The Bertz CT molecular complexity index is 429. The van der Waals surface area contributed by atoms with Gasteiger partial charge in [-0.15, -0.1) is 23.7 Å². The van der Waals surface area contributed by atoms with Gasteiger partial charge in [0.05, 0.1) is 6.67 Å². The van der Waals surface area contributed by atoms with Crippen molar-refractivity contribution in [3.05, 3.63) is 35.2 Å². The monoisotopic (exact) mass is 245 g/mol. The zero-order valence-corrected chi connectivity index (χ0v) is 9.78. The number of thiophene rings is 1. The van der Waals surface area contributed by atoms with Crippen molar-refractivity contribution in [1.29, 1.82) is 0 Å². The second-order valence-corrected chi connectivity index (χ2v) is 4.18. The van der Waals surface area contributed by atoms with E-state index < -0.39 is 0 Å². The number of halogens is 2. The smallest absolute Gasteiger partial charge is 0.0912 e. The lowest BCUT2D eigenvalue weighted by Gasteiger charge is -2.07. The van der Waals surface area contributed by atoms with E-state index in [0.717, 1.165) is 5.56 Å². The van der Waals surface area contributed by atoms with Crippen molar-refractivity contribution in [2.24, 2.45) is 5.73 Å². The number of nitrogens with two attached hydrogens (primary N) is 1. The third-order valence-corrected chi connectivity index (χ3v) is 3.31. The van der Waals surface area contributed by atoms with Gasteiger partial charge in [0.15, 0.2) is 0 Å². The normalized spacial score (nSPS) is 12.4. The van der Waals surface area contributed by atoms with Crippen LogP contribution in [-0.4, -0.2) is 6.67 Å². The van der Waals surface area contributed by atoms with Crippen molar-refractivity contribution in [1.82, 2.24) is 0 Å². The van der Waals surface area contributed by atoms with Gasteiger partial charge >= 0.3 is 0 Å². The molecule has 0 aliphatic heterocycles. The summed E-state index contributed by atoms with van der Waals surface area (Å²) in [6.07, 6.45) is 0.403. The first-order valence-electron chi connectivity index (χ1n) is 4.60. The Morgan fingerprint density at radius 2 is 2.07 bits per heavy atom. The summed E-state index contributed by atoms with van der Waals surface area (Å²) >= 11 is 1.67. The molecule has 15 heavy (non-hydrogen) atoms. The molecule has 1 heterocycles. The molecular formula is C11H13ClFNS. The SMILES string of the molecule is Cl.N[C@H](CCF)c1csc2ccccc12. The predicted molar refractivity (Wildman–Crippen MR) is 66.6 cm³/mol. The molecule has 1 aromatic carbocycles. The molecule has 0 bridgehead atoms. The molecule has 1 aromatic heterocycles. The Morgan fingerprint density at radius 1 is 1.33 bits per heavy atom. The molecule has 2 aromatic rings. The average molecular weight is 246 g/mol. The number of hydrogen-bond acceptors (Lipinski definition) is 2. The summed E-state index contributed by atoms with van der Waals surface area (Å²) < 4.78 is 13.4. The fourth-order valence-corrected chi connectivity index (χ4v) is 2.58. The standard InChI is InChI=1S/C11H12FNS.ClH/c12-6-5-10(13)9-7-14-11-4-2-1-3-8(9)11;/h1-4,7,10H,5-6,13H2;1H/t10-;/m1./s1. The van der Waals surface area contributed by atoms with Crippen molar-refractivity contribution in [3.8, 4) is 0 Å². The highest BCUT2D eigenvalue weighted by Gasteiger charge is 2.10. The fourth-order valence-electron chi connectivity index (χ4n) is 1.56. The van der Waals surface area contributed by atoms with Gasteiger partial charge in [0, 0.05) is 10.7 Å². The van der Waals surface area contributed by atoms with E-state index in [1.165, 1.54) is 10.1 Å². The molecule has 0 aliphatic carbocycles. The van der Waals surface area contributed by atoms with Crippen LogP contribution in [0.2, 0.25) is 0 Å². The first kappa shape index (κ1) is 12.4. The van der Waals surface area contributed by atoms with E-state index in [1.807, 2.05) is 23.6 Å². The van der Waals surface area contributed by atoms with E-state index in [4.69, 9.17) is 5.73 Å². The van der Waals surface area contributed by atoms with Gasteiger partial charge in [-0.25, -0.2) is 0 Å². The Kier molecular flexibility index (Phi) is 4.51. The molecule has 0 amide bonds. The van der Waals surface area contributed by atoms with Gasteiger partial charge in [0.2, 0.25) is 0 Å². The molecule has 0 unspecified atom stereocenters. The number of hydrogen-bond donors (Lipinski definition) is 1. The van der Waals surface area contributed by atoms with Crippen LogP contribution in [0.3, 0.4) is 0 Å². The topological polar surface area (TPSA) is 26.0 Å². The first-order valence-corrected chi connectivity index (χ1v) is 5.48. The molecule has 0 saturated heterocycles. The zero-order chi connectivity index (χ0) is 9.97. The maximum Gasteiger partial charge on any atom is 0.0912 e. The Morgan fingerprint density at radius 3 is 2.80 bits per heavy atom. The van der Waals surface area contributed by atoms with Crippen LogP contribution in [0, 0.1) is 0 Å². The number of fused-ring (bicyclic) bond motifs is 1. The number of rotatable bonds is 3. The second-order valence-electron chi connectivity index (χ2n) is 3.27. The van der Waals surface area contributed by atoms with Crippen molar-refractivity contribution in [3.63, 3.8) is 0 Å². The van der Waals surface area contributed by atoms with E-state index in [9.17, 15) is 4.39 Å². The third-order valence-electron chi connectivity index (χ3n) is 2.33. The molecule has 0 aliphatic rings. The van der Waals surface area contributed by atoms with Crippen LogP contribution in [0.4, 0.5) is 4.39 Å². The van der Waals surface area contributed by atoms with Crippen LogP contribution in [0.15, 0.2) is 29.6 Å². The highest BCUT2D eigenvalue weighted by molar-refractivity contribution is 7.17. The van der Waals surface area contributed by atoms with Crippen molar-refractivity contribution in [2.75, 3.05) is 6.67 Å². The molecule has 1 atom stereocenters. The summed E-state index contributed by atoms with van der Waals surface area (Å²) in [5.74, 6) is 0.